The molecule has 0 spiro atoms. The summed E-state index contributed by atoms with van der Waals surface area (Å²) in [5.74, 6) is 1.43. The summed E-state index contributed by atoms with van der Waals surface area (Å²) in [5.41, 5.74) is 0.886. The van der Waals surface area contributed by atoms with E-state index in [0.717, 1.165) is 28.5 Å². The second-order valence-corrected chi connectivity index (χ2v) is 4.95. The van der Waals surface area contributed by atoms with Gasteiger partial charge in [0.1, 0.15) is 5.75 Å². The third-order valence-corrected chi connectivity index (χ3v) is 3.11. The number of ether oxygens (including phenoxy) is 1. The summed E-state index contributed by atoms with van der Waals surface area (Å²) >= 11 is 0. The van der Waals surface area contributed by atoms with Crippen molar-refractivity contribution in [1.82, 2.24) is 0 Å². The smallest absolute Gasteiger partial charge is 0.125 e. The number of benzene rings is 2. The van der Waals surface area contributed by atoms with E-state index in [2.05, 4.69) is 13.8 Å². The molecule has 2 aromatic carbocycles. The molecule has 0 saturated carbocycles. The molecule has 2 nitrogen and oxygen atoms in total. The van der Waals surface area contributed by atoms with Crippen molar-refractivity contribution in [3.63, 3.8) is 0 Å². The zero-order chi connectivity index (χ0) is 13.0. The Hall–Kier alpha value is -1.54. The molecule has 0 heterocycles. The van der Waals surface area contributed by atoms with E-state index < -0.39 is 0 Å². The van der Waals surface area contributed by atoms with E-state index >= 15 is 0 Å². The highest BCUT2D eigenvalue weighted by molar-refractivity contribution is 5.87. The van der Waals surface area contributed by atoms with Crippen LogP contribution in [0, 0.1) is 5.92 Å². The molecular formula is C16H20O2. The third kappa shape index (κ3) is 2.82. The standard InChI is InChI=1S/C16H20O2/c1-12(2)9-10-18-16-8-7-13-5-3-4-6-14(13)15(16)11-17/h3-8,12,17H,9-11H2,1-2H3. The molecule has 1 N–H and O–H groups in total. The van der Waals surface area contributed by atoms with Crippen molar-refractivity contribution in [2.45, 2.75) is 26.9 Å². The maximum Gasteiger partial charge on any atom is 0.125 e. The van der Waals surface area contributed by atoms with Crippen LogP contribution in [0.5, 0.6) is 5.75 Å². The fourth-order valence-corrected chi connectivity index (χ4v) is 2.02. The maximum atomic E-state index is 9.54. The zero-order valence-electron chi connectivity index (χ0n) is 11.0. The summed E-state index contributed by atoms with van der Waals surface area (Å²) in [5, 5.41) is 11.8. The number of rotatable bonds is 5. The molecule has 18 heavy (non-hydrogen) atoms. The van der Waals surface area contributed by atoms with Crippen molar-refractivity contribution in [3.8, 4) is 5.75 Å². The van der Waals surface area contributed by atoms with Crippen molar-refractivity contribution in [1.29, 1.82) is 0 Å². The molecule has 0 atom stereocenters. The van der Waals surface area contributed by atoms with Crippen LogP contribution >= 0.6 is 0 Å². The maximum absolute atomic E-state index is 9.54. The van der Waals surface area contributed by atoms with Crippen molar-refractivity contribution < 1.29 is 9.84 Å². The molecule has 2 aromatic rings. The van der Waals surface area contributed by atoms with Crippen LogP contribution in [-0.2, 0) is 6.61 Å². The molecule has 0 fully saturated rings. The van der Waals surface area contributed by atoms with Gasteiger partial charge in [-0.15, -0.1) is 0 Å². The van der Waals surface area contributed by atoms with Crippen LogP contribution in [-0.4, -0.2) is 11.7 Å². The van der Waals surface area contributed by atoms with E-state index in [-0.39, 0.29) is 6.61 Å². The van der Waals surface area contributed by atoms with Gasteiger partial charge in [0.25, 0.3) is 0 Å². The first-order chi connectivity index (χ1) is 8.72. The zero-order valence-corrected chi connectivity index (χ0v) is 11.0. The van der Waals surface area contributed by atoms with Crippen molar-refractivity contribution in [2.75, 3.05) is 6.61 Å². The van der Waals surface area contributed by atoms with Crippen LogP contribution in [0.25, 0.3) is 10.8 Å². The topological polar surface area (TPSA) is 29.5 Å². The molecule has 0 aliphatic heterocycles. The van der Waals surface area contributed by atoms with Crippen LogP contribution in [0.4, 0.5) is 0 Å². The first-order valence-electron chi connectivity index (χ1n) is 6.46. The van der Waals surface area contributed by atoms with Gasteiger partial charge in [-0.25, -0.2) is 0 Å². The summed E-state index contributed by atoms with van der Waals surface area (Å²) in [6, 6.07) is 12.1. The van der Waals surface area contributed by atoms with Gasteiger partial charge in [0.2, 0.25) is 0 Å². The second-order valence-electron chi connectivity index (χ2n) is 4.95. The van der Waals surface area contributed by atoms with Gasteiger partial charge < -0.3 is 9.84 Å². The normalized spacial score (nSPS) is 11.1. The molecule has 0 saturated heterocycles. The predicted octanol–water partition coefficient (Wildman–Crippen LogP) is 3.76. The van der Waals surface area contributed by atoms with E-state index in [4.69, 9.17) is 4.74 Å². The Labute approximate surface area is 108 Å². The Morgan fingerprint density at radius 3 is 2.61 bits per heavy atom. The molecular weight excluding hydrogens is 224 g/mol. The van der Waals surface area contributed by atoms with E-state index in [1.165, 1.54) is 0 Å². The van der Waals surface area contributed by atoms with Crippen LogP contribution in [0.2, 0.25) is 0 Å². The predicted molar refractivity (Wildman–Crippen MR) is 74.8 cm³/mol. The van der Waals surface area contributed by atoms with Crippen LogP contribution in [0.1, 0.15) is 25.8 Å². The van der Waals surface area contributed by atoms with Gasteiger partial charge in [-0.2, -0.15) is 0 Å². The minimum atomic E-state index is 0.0123. The van der Waals surface area contributed by atoms with Gasteiger partial charge >= 0.3 is 0 Å². The van der Waals surface area contributed by atoms with E-state index in [1.54, 1.807) is 0 Å². The molecule has 0 aromatic heterocycles. The van der Waals surface area contributed by atoms with Crippen LogP contribution in [0.3, 0.4) is 0 Å². The SMILES string of the molecule is CC(C)CCOc1ccc2ccccc2c1CO. The lowest BCUT2D eigenvalue weighted by Crippen LogP contribution is -2.03. The van der Waals surface area contributed by atoms with Crippen molar-refractivity contribution >= 4 is 10.8 Å². The average Bonchev–Trinajstić information content (AvgIpc) is 2.38. The molecule has 0 aliphatic rings. The number of hydrogen-bond acceptors (Lipinski definition) is 2. The number of aliphatic hydroxyl groups is 1. The largest absolute Gasteiger partial charge is 0.493 e. The Morgan fingerprint density at radius 2 is 1.89 bits per heavy atom. The summed E-state index contributed by atoms with van der Waals surface area (Å²) in [6.07, 6.45) is 1.03. The quantitative estimate of drug-likeness (QED) is 0.867. The highest BCUT2D eigenvalue weighted by Gasteiger charge is 2.07. The number of hydrogen-bond donors (Lipinski definition) is 1. The summed E-state index contributed by atoms with van der Waals surface area (Å²) in [4.78, 5) is 0. The summed E-state index contributed by atoms with van der Waals surface area (Å²) in [6.45, 7) is 5.06. The Bertz CT molecular complexity index is 517. The first-order valence-corrected chi connectivity index (χ1v) is 6.46. The summed E-state index contributed by atoms with van der Waals surface area (Å²) in [7, 11) is 0. The summed E-state index contributed by atoms with van der Waals surface area (Å²) < 4.78 is 5.79. The Morgan fingerprint density at radius 1 is 1.11 bits per heavy atom. The minimum absolute atomic E-state index is 0.0123. The molecule has 2 rings (SSSR count). The fraction of sp³-hybridized carbons (Fsp3) is 0.375. The second kappa shape index (κ2) is 5.87. The highest BCUT2D eigenvalue weighted by atomic mass is 16.5. The van der Waals surface area contributed by atoms with Crippen molar-refractivity contribution in [3.05, 3.63) is 42.0 Å². The highest BCUT2D eigenvalue weighted by Crippen LogP contribution is 2.28. The van der Waals surface area contributed by atoms with E-state index in [1.807, 2.05) is 36.4 Å². The number of aliphatic hydroxyl groups excluding tert-OH is 1. The van der Waals surface area contributed by atoms with Gasteiger partial charge in [-0.1, -0.05) is 44.2 Å². The molecule has 96 valence electrons. The molecule has 0 aliphatic carbocycles. The monoisotopic (exact) mass is 244 g/mol. The lowest BCUT2D eigenvalue weighted by molar-refractivity contribution is 0.257. The van der Waals surface area contributed by atoms with Crippen molar-refractivity contribution in [2.24, 2.45) is 5.92 Å². The molecule has 0 bridgehead atoms. The van der Waals surface area contributed by atoms with Gasteiger partial charge in [0.05, 0.1) is 13.2 Å². The lowest BCUT2D eigenvalue weighted by Gasteiger charge is -2.13. The van der Waals surface area contributed by atoms with E-state index in [0.29, 0.717) is 12.5 Å². The minimum Gasteiger partial charge on any atom is -0.493 e. The average molecular weight is 244 g/mol. The molecule has 2 heteroatoms. The van der Waals surface area contributed by atoms with Crippen LogP contribution in [0.15, 0.2) is 36.4 Å². The fourth-order valence-electron chi connectivity index (χ4n) is 2.02. The van der Waals surface area contributed by atoms with Gasteiger partial charge in [0.15, 0.2) is 0 Å². The third-order valence-electron chi connectivity index (χ3n) is 3.11. The first kappa shape index (κ1) is 12.9. The molecule has 0 unspecified atom stereocenters. The lowest BCUT2D eigenvalue weighted by atomic mass is 10.0. The number of fused-ring (bicyclic) bond motifs is 1. The van der Waals surface area contributed by atoms with Gasteiger partial charge in [-0.3, -0.25) is 0 Å². The van der Waals surface area contributed by atoms with Gasteiger partial charge in [0, 0.05) is 5.56 Å². The Kier molecular flexibility index (Phi) is 4.21. The molecule has 0 radical (unpaired) electrons. The molecule has 0 amide bonds. The van der Waals surface area contributed by atoms with E-state index in [9.17, 15) is 5.11 Å². The van der Waals surface area contributed by atoms with Gasteiger partial charge in [-0.05, 0) is 29.2 Å². The van der Waals surface area contributed by atoms with Crippen LogP contribution < -0.4 is 4.74 Å². The Balaban J connectivity index is 2.27.